The summed E-state index contributed by atoms with van der Waals surface area (Å²) in [6.07, 6.45) is 0. The van der Waals surface area contributed by atoms with E-state index >= 15 is 0 Å². The minimum atomic E-state index is -1.23. The second-order valence-electron chi connectivity index (χ2n) is 5.91. The fraction of sp³-hybridized carbons (Fsp3) is 0.846. The number of hydrogen-bond acceptors (Lipinski definition) is 6. The summed E-state index contributed by atoms with van der Waals surface area (Å²) in [5.41, 5.74) is -1.23. The highest BCUT2D eigenvalue weighted by Crippen LogP contribution is 2.24. The maximum atomic E-state index is 11.7. The minimum Gasteiger partial charge on any atom is -0.464 e. The molecule has 0 aromatic rings. The van der Waals surface area contributed by atoms with Crippen molar-refractivity contribution in [3.05, 3.63) is 0 Å². The fourth-order valence-electron chi connectivity index (χ4n) is 1.05. The van der Waals surface area contributed by atoms with Gasteiger partial charge in [0.2, 0.25) is 0 Å². The van der Waals surface area contributed by atoms with E-state index in [-0.39, 0.29) is 13.2 Å². The molecule has 0 aromatic heterocycles. The maximum Gasteiger partial charge on any atom is 0.322 e. The summed E-state index contributed by atoms with van der Waals surface area (Å²) in [6.45, 7) is 4.95. The van der Waals surface area contributed by atoms with Crippen LogP contribution < -0.4 is 0 Å². The van der Waals surface area contributed by atoms with Crippen LogP contribution in [0.2, 0.25) is 0 Å². The Balaban J connectivity index is 4.71. The molecule has 0 saturated heterocycles. The molecule has 0 rings (SSSR count). The van der Waals surface area contributed by atoms with Gasteiger partial charge in [0.05, 0.1) is 18.6 Å². The topological polar surface area (TPSA) is 93.1 Å². The van der Waals surface area contributed by atoms with Gasteiger partial charge < -0.3 is 19.7 Å². The molecule has 2 N–H and O–H groups in total. The van der Waals surface area contributed by atoms with Gasteiger partial charge in [0.25, 0.3) is 0 Å². The first-order valence-electron chi connectivity index (χ1n) is 6.32. The average molecular weight is 434 g/mol. The summed E-state index contributed by atoms with van der Waals surface area (Å²) < 4.78 is 8.37. The van der Waals surface area contributed by atoms with Crippen LogP contribution >= 0.6 is 31.9 Å². The van der Waals surface area contributed by atoms with Gasteiger partial charge in [-0.1, -0.05) is 31.9 Å². The molecule has 0 aliphatic rings. The van der Waals surface area contributed by atoms with Gasteiger partial charge in [0.1, 0.15) is 21.9 Å². The predicted octanol–water partition coefficient (Wildman–Crippen LogP) is 1.39. The Morgan fingerprint density at radius 3 is 1.33 bits per heavy atom. The Hall–Kier alpha value is -0.180. The van der Waals surface area contributed by atoms with E-state index in [1.54, 1.807) is 27.7 Å². The van der Waals surface area contributed by atoms with Crippen LogP contribution in [0.5, 0.6) is 0 Å². The van der Waals surface area contributed by atoms with Crippen LogP contribution in [0.3, 0.4) is 0 Å². The molecule has 0 aliphatic heterocycles. The molecule has 0 amide bonds. The summed E-state index contributed by atoms with van der Waals surface area (Å²) >= 11 is 6.31. The van der Waals surface area contributed by atoms with Crippen LogP contribution in [0.4, 0.5) is 0 Å². The van der Waals surface area contributed by atoms with E-state index in [2.05, 4.69) is 31.9 Å². The lowest BCUT2D eigenvalue weighted by Gasteiger charge is -2.30. The lowest BCUT2D eigenvalue weighted by molar-refractivity contribution is -0.160. The zero-order valence-corrected chi connectivity index (χ0v) is 15.8. The number of esters is 2. The van der Waals surface area contributed by atoms with Crippen molar-refractivity contribution in [3.63, 3.8) is 0 Å². The van der Waals surface area contributed by atoms with Crippen molar-refractivity contribution in [1.82, 2.24) is 0 Å². The quantitative estimate of drug-likeness (QED) is 0.443. The second-order valence-corrected chi connectivity index (χ2v) is 9.88. The third kappa shape index (κ3) is 7.08. The van der Waals surface area contributed by atoms with Crippen molar-refractivity contribution in [1.29, 1.82) is 0 Å². The van der Waals surface area contributed by atoms with Crippen LogP contribution in [0.1, 0.15) is 27.7 Å². The number of carbonyl (C=O) groups is 2. The molecule has 124 valence electrons. The largest absolute Gasteiger partial charge is 0.464 e. The Morgan fingerprint density at radius 1 is 0.857 bits per heavy atom. The molecule has 6 nitrogen and oxygen atoms in total. The fourth-order valence-corrected chi connectivity index (χ4v) is 1.28. The Bertz CT molecular complexity index is 334. The van der Waals surface area contributed by atoms with E-state index in [1.807, 2.05) is 0 Å². The first kappa shape index (κ1) is 20.8. The third-order valence-electron chi connectivity index (χ3n) is 2.66. The number of aliphatic hydroxyl groups is 2. The first-order chi connectivity index (χ1) is 9.38. The highest BCUT2D eigenvalue weighted by molar-refractivity contribution is 9.10. The molecular weight excluding hydrogens is 412 g/mol. The molecule has 0 unspecified atom stereocenters. The summed E-state index contributed by atoms with van der Waals surface area (Å²) in [5.74, 6) is -1.08. The number of halogens is 2. The van der Waals surface area contributed by atoms with Gasteiger partial charge in [-0.25, -0.2) is 0 Å². The number of aliphatic hydroxyl groups excluding tert-OH is 2. The van der Waals surface area contributed by atoms with Crippen LogP contribution in [0, 0.1) is 5.41 Å². The van der Waals surface area contributed by atoms with E-state index in [4.69, 9.17) is 9.47 Å². The minimum absolute atomic E-state index is 0.260. The Morgan fingerprint density at radius 2 is 1.14 bits per heavy atom. The average Bonchev–Trinajstić information content (AvgIpc) is 2.36. The standard InChI is InChI=1S/C13H22Br2O6/c1-11(2,14)9(18)20-7-13(5-16,6-17)8-21-10(19)12(3,4)15/h16-17H,5-8H2,1-4H3. The van der Waals surface area contributed by atoms with Crippen molar-refractivity contribution in [3.8, 4) is 0 Å². The van der Waals surface area contributed by atoms with Gasteiger partial charge in [-0.3, -0.25) is 9.59 Å². The third-order valence-corrected chi connectivity index (χ3v) is 3.31. The van der Waals surface area contributed by atoms with Crippen molar-refractivity contribution in [2.75, 3.05) is 26.4 Å². The molecule has 0 fully saturated rings. The molecule has 0 bridgehead atoms. The second kappa shape index (κ2) is 7.89. The lowest BCUT2D eigenvalue weighted by Crippen LogP contribution is -2.43. The van der Waals surface area contributed by atoms with E-state index in [1.165, 1.54) is 0 Å². The molecule has 0 spiro atoms. The Labute approximate surface area is 141 Å². The highest BCUT2D eigenvalue weighted by Gasteiger charge is 2.36. The Kier molecular flexibility index (Phi) is 7.83. The highest BCUT2D eigenvalue weighted by atomic mass is 79.9. The van der Waals surface area contributed by atoms with Crippen LogP contribution in [0.15, 0.2) is 0 Å². The van der Waals surface area contributed by atoms with E-state index in [0.29, 0.717) is 0 Å². The summed E-state index contributed by atoms with van der Waals surface area (Å²) in [4.78, 5) is 23.4. The molecule has 0 heterocycles. The van der Waals surface area contributed by atoms with Crippen molar-refractivity contribution in [2.24, 2.45) is 5.41 Å². The van der Waals surface area contributed by atoms with E-state index in [0.717, 1.165) is 0 Å². The van der Waals surface area contributed by atoms with E-state index < -0.39 is 39.2 Å². The first-order valence-corrected chi connectivity index (χ1v) is 7.90. The smallest absolute Gasteiger partial charge is 0.322 e. The van der Waals surface area contributed by atoms with Crippen molar-refractivity contribution in [2.45, 2.75) is 36.3 Å². The number of rotatable bonds is 8. The van der Waals surface area contributed by atoms with Gasteiger partial charge in [0, 0.05) is 0 Å². The van der Waals surface area contributed by atoms with Gasteiger partial charge in [-0.15, -0.1) is 0 Å². The van der Waals surface area contributed by atoms with Crippen LogP contribution in [-0.2, 0) is 19.1 Å². The molecule has 0 atom stereocenters. The molecule has 0 saturated carbocycles. The SMILES string of the molecule is CC(C)(Br)C(=O)OCC(CO)(CO)COC(=O)C(C)(C)Br. The normalized spacial score (nSPS) is 13.0. The molecule has 0 radical (unpaired) electrons. The zero-order chi connectivity index (χ0) is 16.9. The van der Waals surface area contributed by atoms with Crippen LogP contribution in [0.25, 0.3) is 0 Å². The molecular formula is C13H22Br2O6. The van der Waals surface area contributed by atoms with E-state index in [9.17, 15) is 19.8 Å². The van der Waals surface area contributed by atoms with Gasteiger partial charge in [-0.05, 0) is 27.7 Å². The number of carbonyl (C=O) groups excluding carboxylic acids is 2. The number of ether oxygens (including phenoxy) is 2. The molecule has 8 heteroatoms. The van der Waals surface area contributed by atoms with Crippen molar-refractivity contribution < 1.29 is 29.3 Å². The zero-order valence-electron chi connectivity index (χ0n) is 12.6. The molecule has 0 aromatic carbocycles. The van der Waals surface area contributed by atoms with Crippen LogP contribution in [-0.4, -0.2) is 57.2 Å². The summed E-state index contributed by atoms with van der Waals surface area (Å²) in [7, 11) is 0. The summed E-state index contributed by atoms with van der Waals surface area (Å²) in [5, 5.41) is 18.9. The maximum absolute atomic E-state index is 11.7. The lowest BCUT2D eigenvalue weighted by atomic mass is 9.92. The molecule has 21 heavy (non-hydrogen) atoms. The van der Waals surface area contributed by atoms with Gasteiger partial charge >= 0.3 is 11.9 Å². The van der Waals surface area contributed by atoms with Gasteiger partial charge in [0.15, 0.2) is 0 Å². The molecule has 0 aliphatic carbocycles. The monoisotopic (exact) mass is 432 g/mol. The summed E-state index contributed by atoms with van der Waals surface area (Å²) in [6, 6.07) is 0. The number of hydrogen-bond donors (Lipinski definition) is 2. The predicted molar refractivity (Wildman–Crippen MR) is 84.5 cm³/mol. The number of alkyl halides is 2. The van der Waals surface area contributed by atoms with Gasteiger partial charge in [-0.2, -0.15) is 0 Å². The van der Waals surface area contributed by atoms with Crippen molar-refractivity contribution >= 4 is 43.8 Å².